The first-order valence-corrected chi connectivity index (χ1v) is 6.69. The SMILES string of the molecule is CCc1ccc([C@@H](CO)CN2CCOCC2)nc1. The molecule has 0 spiro atoms. The highest BCUT2D eigenvalue weighted by Crippen LogP contribution is 2.16. The molecule has 0 unspecified atom stereocenters. The van der Waals surface area contributed by atoms with Crippen LogP contribution in [0.15, 0.2) is 18.3 Å². The molecule has 1 saturated heterocycles. The minimum Gasteiger partial charge on any atom is -0.396 e. The van der Waals surface area contributed by atoms with E-state index in [1.54, 1.807) is 0 Å². The predicted molar refractivity (Wildman–Crippen MR) is 70.7 cm³/mol. The number of aryl methyl sites for hydroxylation is 1. The second kappa shape index (κ2) is 6.83. The zero-order valence-corrected chi connectivity index (χ0v) is 11.0. The number of hydrogen-bond acceptors (Lipinski definition) is 4. The zero-order chi connectivity index (χ0) is 12.8. The highest BCUT2D eigenvalue weighted by molar-refractivity contribution is 5.17. The Morgan fingerprint density at radius 3 is 2.72 bits per heavy atom. The summed E-state index contributed by atoms with van der Waals surface area (Å²) in [5.41, 5.74) is 2.23. The third-order valence-corrected chi connectivity index (χ3v) is 3.48. The van der Waals surface area contributed by atoms with Crippen LogP contribution in [0.3, 0.4) is 0 Å². The third kappa shape index (κ3) is 3.51. The lowest BCUT2D eigenvalue weighted by Gasteiger charge is -2.29. The van der Waals surface area contributed by atoms with Crippen LogP contribution in [-0.2, 0) is 11.2 Å². The van der Waals surface area contributed by atoms with Crippen molar-refractivity contribution in [3.05, 3.63) is 29.6 Å². The number of aliphatic hydroxyl groups is 1. The van der Waals surface area contributed by atoms with Crippen LogP contribution in [0.5, 0.6) is 0 Å². The summed E-state index contributed by atoms with van der Waals surface area (Å²) in [5, 5.41) is 9.54. The summed E-state index contributed by atoms with van der Waals surface area (Å²) in [5.74, 6) is 0.106. The number of aliphatic hydroxyl groups excluding tert-OH is 1. The van der Waals surface area contributed by atoms with Gasteiger partial charge in [0.05, 0.1) is 19.8 Å². The summed E-state index contributed by atoms with van der Waals surface area (Å²) in [6, 6.07) is 4.14. The first-order chi connectivity index (χ1) is 8.83. The fourth-order valence-corrected chi connectivity index (χ4v) is 2.23. The standard InChI is InChI=1S/C14H22N2O2/c1-2-12-3-4-14(15-9-12)13(11-17)10-16-5-7-18-8-6-16/h3-4,9,13,17H,2,5-8,10-11H2,1H3/t13-/m1/s1. The molecule has 0 saturated carbocycles. The van der Waals surface area contributed by atoms with Gasteiger partial charge in [-0.3, -0.25) is 9.88 Å². The average molecular weight is 250 g/mol. The maximum atomic E-state index is 9.54. The van der Waals surface area contributed by atoms with Crippen LogP contribution >= 0.6 is 0 Å². The summed E-state index contributed by atoms with van der Waals surface area (Å²) in [4.78, 5) is 6.80. The van der Waals surface area contributed by atoms with Crippen LogP contribution in [0.4, 0.5) is 0 Å². The molecule has 1 N–H and O–H groups in total. The molecule has 4 nitrogen and oxygen atoms in total. The molecule has 1 aliphatic rings. The Kier molecular flexibility index (Phi) is 5.11. The Morgan fingerprint density at radius 1 is 1.39 bits per heavy atom. The molecular weight excluding hydrogens is 228 g/mol. The van der Waals surface area contributed by atoms with Gasteiger partial charge in [-0.1, -0.05) is 13.0 Å². The van der Waals surface area contributed by atoms with Crippen molar-refractivity contribution in [1.29, 1.82) is 0 Å². The first-order valence-electron chi connectivity index (χ1n) is 6.69. The number of pyridine rings is 1. The zero-order valence-electron chi connectivity index (χ0n) is 11.0. The molecule has 18 heavy (non-hydrogen) atoms. The molecule has 0 bridgehead atoms. The average Bonchev–Trinajstić information content (AvgIpc) is 2.46. The molecule has 1 aromatic rings. The van der Waals surface area contributed by atoms with Crippen LogP contribution in [0.25, 0.3) is 0 Å². The molecule has 1 aliphatic heterocycles. The molecule has 4 heteroatoms. The van der Waals surface area contributed by atoms with Crippen molar-refractivity contribution in [3.63, 3.8) is 0 Å². The van der Waals surface area contributed by atoms with Crippen LogP contribution in [-0.4, -0.2) is 54.4 Å². The van der Waals surface area contributed by atoms with Crippen molar-refractivity contribution in [1.82, 2.24) is 9.88 Å². The van der Waals surface area contributed by atoms with E-state index in [1.165, 1.54) is 5.56 Å². The van der Waals surface area contributed by atoms with Gasteiger partial charge in [0, 0.05) is 37.4 Å². The van der Waals surface area contributed by atoms with Crippen molar-refractivity contribution >= 4 is 0 Å². The third-order valence-electron chi connectivity index (χ3n) is 3.48. The van der Waals surface area contributed by atoms with Crippen molar-refractivity contribution in [2.75, 3.05) is 39.5 Å². The number of ether oxygens (including phenoxy) is 1. The Balaban J connectivity index is 1.97. The highest BCUT2D eigenvalue weighted by atomic mass is 16.5. The van der Waals surface area contributed by atoms with E-state index in [0.717, 1.165) is 45.0 Å². The van der Waals surface area contributed by atoms with Crippen LogP contribution in [0.2, 0.25) is 0 Å². The quantitative estimate of drug-likeness (QED) is 0.848. The summed E-state index contributed by atoms with van der Waals surface area (Å²) < 4.78 is 5.33. The Morgan fingerprint density at radius 2 is 2.17 bits per heavy atom. The largest absolute Gasteiger partial charge is 0.396 e. The van der Waals surface area contributed by atoms with Crippen LogP contribution in [0, 0.1) is 0 Å². The predicted octanol–water partition coefficient (Wildman–Crippen LogP) is 1.05. The van der Waals surface area contributed by atoms with Crippen molar-refractivity contribution in [3.8, 4) is 0 Å². The second-order valence-electron chi connectivity index (χ2n) is 4.74. The molecule has 1 aromatic heterocycles. The summed E-state index contributed by atoms with van der Waals surface area (Å²) in [6.45, 7) is 6.61. The van der Waals surface area contributed by atoms with Crippen molar-refractivity contribution < 1.29 is 9.84 Å². The Bertz CT molecular complexity index is 347. The summed E-state index contributed by atoms with van der Waals surface area (Å²) in [7, 11) is 0. The molecule has 0 aliphatic carbocycles. The van der Waals surface area contributed by atoms with E-state index in [-0.39, 0.29) is 12.5 Å². The lowest BCUT2D eigenvalue weighted by Crippen LogP contribution is -2.39. The van der Waals surface area contributed by atoms with Gasteiger partial charge in [-0.15, -0.1) is 0 Å². The number of aromatic nitrogens is 1. The molecule has 0 amide bonds. The smallest absolute Gasteiger partial charge is 0.0594 e. The van der Waals surface area contributed by atoms with Crippen LogP contribution < -0.4 is 0 Å². The van der Waals surface area contributed by atoms with Gasteiger partial charge >= 0.3 is 0 Å². The van der Waals surface area contributed by atoms with Crippen LogP contribution in [0.1, 0.15) is 24.1 Å². The molecule has 1 atom stereocenters. The number of rotatable bonds is 5. The van der Waals surface area contributed by atoms with Gasteiger partial charge in [-0.25, -0.2) is 0 Å². The maximum Gasteiger partial charge on any atom is 0.0594 e. The van der Waals surface area contributed by atoms with Gasteiger partial charge in [0.15, 0.2) is 0 Å². The Hall–Kier alpha value is -0.970. The minimum atomic E-state index is 0.106. The number of hydrogen-bond donors (Lipinski definition) is 1. The second-order valence-corrected chi connectivity index (χ2v) is 4.74. The summed E-state index contributed by atoms with van der Waals surface area (Å²) >= 11 is 0. The van der Waals surface area contributed by atoms with E-state index in [4.69, 9.17) is 4.74 Å². The van der Waals surface area contributed by atoms with Crippen molar-refractivity contribution in [2.24, 2.45) is 0 Å². The summed E-state index contributed by atoms with van der Waals surface area (Å²) in [6.07, 6.45) is 2.91. The maximum absolute atomic E-state index is 9.54. The molecule has 0 aromatic carbocycles. The number of morpholine rings is 1. The molecule has 1 fully saturated rings. The van der Waals surface area contributed by atoms with Gasteiger partial charge in [-0.05, 0) is 18.1 Å². The molecule has 2 heterocycles. The van der Waals surface area contributed by atoms with Crippen molar-refractivity contribution in [2.45, 2.75) is 19.3 Å². The van der Waals surface area contributed by atoms with Gasteiger partial charge < -0.3 is 9.84 Å². The van der Waals surface area contributed by atoms with E-state index >= 15 is 0 Å². The van der Waals surface area contributed by atoms with E-state index in [0.29, 0.717) is 0 Å². The minimum absolute atomic E-state index is 0.106. The van der Waals surface area contributed by atoms with E-state index in [9.17, 15) is 5.11 Å². The topological polar surface area (TPSA) is 45.6 Å². The Labute approximate surface area is 109 Å². The first kappa shape index (κ1) is 13.5. The van der Waals surface area contributed by atoms with E-state index < -0.39 is 0 Å². The molecular formula is C14H22N2O2. The lowest BCUT2D eigenvalue weighted by molar-refractivity contribution is 0.0317. The highest BCUT2D eigenvalue weighted by Gasteiger charge is 2.18. The lowest BCUT2D eigenvalue weighted by atomic mass is 10.0. The van der Waals surface area contributed by atoms with Gasteiger partial charge in [0.25, 0.3) is 0 Å². The number of nitrogens with zero attached hydrogens (tertiary/aromatic N) is 2. The normalized spacial score (nSPS) is 18.8. The fraction of sp³-hybridized carbons (Fsp3) is 0.643. The van der Waals surface area contributed by atoms with E-state index in [1.807, 2.05) is 12.3 Å². The fourth-order valence-electron chi connectivity index (χ4n) is 2.23. The monoisotopic (exact) mass is 250 g/mol. The molecule has 0 radical (unpaired) electrons. The van der Waals surface area contributed by atoms with Gasteiger partial charge in [-0.2, -0.15) is 0 Å². The van der Waals surface area contributed by atoms with Gasteiger partial charge in [0.1, 0.15) is 0 Å². The van der Waals surface area contributed by atoms with Gasteiger partial charge in [0.2, 0.25) is 0 Å². The molecule has 100 valence electrons. The van der Waals surface area contributed by atoms with E-state index in [2.05, 4.69) is 22.9 Å². The molecule has 2 rings (SSSR count).